The maximum Gasteiger partial charge on any atom is 0.406 e. The summed E-state index contributed by atoms with van der Waals surface area (Å²) in [5.74, 6) is -0.570. The SMILES string of the molecule is O=CCCN1CN2CC(=O)N(CC(F)(F)F)c3cccc1c32. The summed E-state index contributed by atoms with van der Waals surface area (Å²) < 4.78 is 38.1. The maximum absolute atomic E-state index is 12.7. The van der Waals surface area contributed by atoms with Crippen LogP contribution >= 0.6 is 0 Å². The molecule has 0 N–H and O–H groups in total. The Labute approximate surface area is 124 Å². The van der Waals surface area contributed by atoms with Gasteiger partial charge in [-0.15, -0.1) is 0 Å². The highest BCUT2D eigenvalue weighted by atomic mass is 19.4. The first-order chi connectivity index (χ1) is 10.4. The minimum Gasteiger partial charge on any atom is -0.352 e. The molecule has 0 bridgehead atoms. The van der Waals surface area contributed by atoms with Crippen LogP contribution in [0.2, 0.25) is 0 Å². The molecule has 0 saturated heterocycles. The highest BCUT2D eigenvalue weighted by molar-refractivity contribution is 6.07. The van der Waals surface area contributed by atoms with Crippen LogP contribution in [0.5, 0.6) is 0 Å². The number of aldehydes is 1. The van der Waals surface area contributed by atoms with E-state index in [1.807, 2.05) is 4.90 Å². The number of amides is 1. The lowest BCUT2D eigenvalue weighted by Gasteiger charge is -2.34. The van der Waals surface area contributed by atoms with Gasteiger partial charge in [0.15, 0.2) is 0 Å². The van der Waals surface area contributed by atoms with Gasteiger partial charge in [0.2, 0.25) is 5.91 Å². The molecule has 0 saturated carbocycles. The summed E-state index contributed by atoms with van der Waals surface area (Å²) in [6.45, 7) is -0.488. The number of halogens is 3. The zero-order chi connectivity index (χ0) is 15.9. The van der Waals surface area contributed by atoms with Crippen molar-refractivity contribution in [2.24, 2.45) is 0 Å². The molecule has 22 heavy (non-hydrogen) atoms. The second-order valence-electron chi connectivity index (χ2n) is 5.30. The Bertz CT molecular complexity index is 618. The third-order valence-corrected chi connectivity index (χ3v) is 3.76. The zero-order valence-electron chi connectivity index (χ0n) is 11.6. The van der Waals surface area contributed by atoms with Crippen molar-refractivity contribution in [3.8, 4) is 0 Å². The molecular weight excluding hydrogens is 299 g/mol. The number of rotatable bonds is 4. The quantitative estimate of drug-likeness (QED) is 0.795. The van der Waals surface area contributed by atoms with E-state index in [9.17, 15) is 22.8 Å². The molecule has 0 atom stereocenters. The van der Waals surface area contributed by atoms with Crippen molar-refractivity contribution in [2.45, 2.75) is 12.6 Å². The highest BCUT2D eigenvalue weighted by Gasteiger charge is 2.41. The number of para-hydroxylation sites is 1. The minimum atomic E-state index is -4.45. The number of nitrogens with zero attached hydrogens (tertiary/aromatic N) is 3. The molecule has 1 aromatic rings. The van der Waals surface area contributed by atoms with Crippen LogP contribution in [-0.4, -0.2) is 44.7 Å². The number of benzene rings is 1. The molecule has 2 heterocycles. The van der Waals surface area contributed by atoms with Crippen LogP contribution in [0, 0.1) is 0 Å². The van der Waals surface area contributed by atoms with E-state index >= 15 is 0 Å². The Balaban J connectivity index is 1.98. The second kappa shape index (κ2) is 5.19. The van der Waals surface area contributed by atoms with Gasteiger partial charge in [-0.25, -0.2) is 0 Å². The topological polar surface area (TPSA) is 43.9 Å². The maximum atomic E-state index is 12.7. The number of carbonyl (C=O) groups excluding carboxylic acids is 2. The van der Waals surface area contributed by atoms with Crippen LogP contribution in [0.4, 0.5) is 30.2 Å². The number of anilines is 3. The highest BCUT2D eigenvalue weighted by Crippen LogP contribution is 2.46. The molecule has 0 aromatic heterocycles. The predicted octanol–water partition coefficient (Wildman–Crippen LogP) is 1.77. The van der Waals surface area contributed by atoms with Crippen molar-refractivity contribution in [1.82, 2.24) is 0 Å². The van der Waals surface area contributed by atoms with E-state index in [-0.39, 0.29) is 12.2 Å². The fourth-order valence-corrected chi connectivity index (χ4v) is 2.93. The smallest absolute Gasteiger partial charge is 0.352 e. The third-order valence-electron chi connectivity index (χ3n) is 3.76. The number of hydrogen-bond acceptors (Lipinski definition) is 4. The van der Waals surface area contributed by atoms with Crippen molar-refractivity contribution in [2.75, 3.05) is 41.0 Å². The number of carbonyl (C=O) groups is 2. The van der Waals surface area contributed by atoms with Gasteiger partial charge in [-0.2, -0.15) is 13.2 Å². The van der Waals surface area contributed by atoms with Gasteiger partial charge in [-0.05, 0) is 12.1 Å². The molecule has 2 aliphatic heterocycles. The summed E-state index contributed by atoms with van der Waals surface area (Å²) in [4.78, 5) is 27.0. The first kappa shape index (κ1) is 14.7. The van der Waals surface area contributed by atoms with Crippen molar-refractivity contribution < 1.29 is 22.8 Å². The van der Waals surface area contributed by atoms with E-state index in [4.69, 9.17) is 0 Å². The number of hydrogen-bond donors (Lipinski definition) is 0. The monoisotopic (exact) mass is 313 g/mol. The fourth-order valence-electron chi connectivity index (χ4n) is 2.93. The molecule has 0 unspecified atom stereocenters. The van der Waals surface area contributed by atoms with E-state index in [0.717, 1.165) is 16.9 Å². The van der Waals surface area contributed by atoms with Gasteiger partial charge in [0.25, 0.3) is 0 Å². The normalized spacial score (nSPS) is 17.0. The van der Waals surface area contributed by atoms with E-state index in [1.54, 1.807) is 17.0 Å². The zero-order valence-corrected chi connectivity index (χ0v) is 11.6. The Morgan fingerprint density at radius 2 is 1.95 bits per heavy atom. The van der Waals surface area contributed by atoms with Gasteiger partial charge >= 0.3 is 6.18 Å². The van der Waals surface area contributed by atoms with Crippen molar-refractivity contribution in [3.63, 3.8) is 0 Å². The molecular formula is C14H14F3N3O2. The van der Waals surface area contributed by atoms with Gasteiger partial charge in [0.05, 0.1) is 30.3 Å². The molecule has 0 radical (unpaired) electrons. The Hall–Kier alpha value is -2.25. The summed E-state index contributed by atoms with van der Waals surface area (Å²) in [7, 11) is 0. The Kier molecular flexibility index (Phi) is 3.46. The van der Waals surface area contributed by atoms with Gasteiger partial charge in [0.1, 0.15) is 12.8 Å². The van der Waals surface area contributed by atoms with Crippen LogP contribution in [0.3, 0.4) is 0 Å². The average molecular weight is 313 g/mol. The van der Waals surface area contributed by atoms with Crippen LogP contribution in [0.25, 0.3) is 0 Å². The molecule has 1 amide bonds. The molecule has 8 heteroatoms. The lowest BCUT2D eigenvalue weighted by atomic mass is 10.1. The molecule has 5 nitrogen and oxygen atoms in total. The molecule has 0 spiro atoms. The third kappa shape index (κ3) is 2.49. The summed E-state index contributed by atoms with van der Waals surface area (Å²) in [6.07, 6.45) is -3.32. The minimum absolute atomic E-state index is 0.0856. The molecule has 3 rings (SSSR count). The predicted molar refractivity (Wildman–Crippen MR) is 75.1 cm³/mol. The van der Waals surface area contributed by atoms with Crippen LogP contribution in [0.15, 0.2) is 18.2 Å². The lowest BCUT2D eigenvalue weighted by molar-refractivity contribution is -0.131. The van der Waals surface area contributed by atoms with Gasteiger partial charge < -0.3 is 14.6 Å². The van der Waals surface area contributed by atoms with Gasteiger partial charge in [0, 0.05) is 13.0 Å². The Morgan fingerprint density at radius 1 is 1.23 bits per heavy atom. The average Bonchev–Trinajstić information content (AvgIpc) is 2.79. The standard InChI is InChI=1S/C14H14F3N3O2/c15-14(16,17)8-20-11-4-1-3-10-13(11)19(7-12(20)22)9-18(10)5-2-6-21/h1,3-4,6H,2,5,7-9H2. The van der Waals surface area contributed by atoms with Crippen LogP contribution in [0.1, 0.15) is 6.42 Å². The van der Waals surface area contributed by atoms with E-state index in [0.29, 0.717) is 25.3 Å². The van der Waals surface area contributed by atoms with E-state index in [2.05, 4.69) is 0 Å². The number of alkyl halides is 3. The fraction of sp³-hybridized carbons (Fsp3) is 0.429. The van der Waals surface area contributed by atoms with E-state index in [1.165, 1.54) is 6.07 Å². The molecule has 0 aliphatic carbocycles. The summed E-state index contributed by atoms with van der Waals surface area (Å²) in [5, 5.41) is 0. The lowest BCUT2D eigenvalue weighted by Crippen LogP contribution is -2.49. The summed E-state index contributed by atoms with van der Waals surface area (Å²) >= 11 is 0. The van der Waals surface area contributed by atoms with Crippen molar-refractivity contribution in [3.05, 3.63) is 18.2 Å². The van der Waals surface area contributed by atoms with E-state index < -0.39 is 18.6 Å². The van der Waals surface area contributed by atoms with Gasteiger partial charge in [-0.1, -0.05) is 6.07 Å². The largest absolute Gasteiger partial charge is 0.406 e. The molecule has 2 aliphatic rings. The molecule has 118 valence electrons. The molecule has 0 fully saturated rings. The van der Waals surface area contributed by atoms with Crippen molar-refractivity contribution >= 4 is 29.3 Å². The van der Waals surface area contributed by atoms with Crippen LogP contribution in [-0.2, 0) is 9.59 Å². The van der Waals surface area contributed by atoms with Crippen LogP contribution < -0.4 is 14.7 Å². The van der Waals surface area contributed by atoms with Gasteiger partial charge in [-0.3, -0.25) is 9.69 Å². The summed E-state index contributed by atoms with van der Waals surface area (Å²) in [5.41, 5.74) is 1.68. The first-order valence-corrected chi connectivity index (χ1v) is 6.84. The second-order valence-corrected chi connectivity index (χ2v) is 5.30. The van der Waals surface area contributed by atoms with Crippen molar-refractivity contribution in [1.29, 1.82) is 0 Å². The molecule has 1 aromatic carbocycles. The first-order valence-electron chi connectivity index (χ1n) is 6.84. The Morgan fingerprint density at radius 3 is 2.64 bits per heavy atom. The summed E-state index contributed by atoms with van der Waals surface area (Å²) in [6, 6.07) is 4.95.